The molecule has 1 saturated heterocycles. The van der Waals surface area contributed by atoms with Crippen molar-refractivity contribution in [3.8, 4) is 16.2 Å². The molecule has 1 saturated carbocycles. The Labute approximate surface area is 338 Å². The zero-order valence-corrected chi connectivity index (χ0v) is 37.4. The predicted octanol–water partition coefficient (Wildman–Crippen LogP) is 6.77. The van der Waals surface area contributed by atoms with Crippen molar-refractivity contribution in [1.29, 1.82) is 0 Å². The van der Waals surface area contributed by atoms with Crippen LogP contribution in [0.25, 0.3) is 10.4 Å². The summed E-state index contributed by atoms with van der Waals surface area (Å²) >= 11 is 1.54. The first-order valence-electron chi connectivity index (χ1n) is 19.8. The molecular weight excluding hydrogens is 774 g/mol. The lowest BCUT2D eigenvalue weighted by Crippen LogP contribution is -2.59. The van der Waals surface area contributed by atoms with Crippen molar-refractivity contribution in [3.05, 3.63) is 35.0 Å². The lowest BCUT2D eigenvalue weighted by Gasteiger charge is -2.38. The highest BCUT2D eigenvalue weighted by Crippen LogP contribution is 2.41. The molecule has 1 aliphatic carbocycles. The topological polar surface area (TPSA) is 170 Å². The number of nitrogens with zero attached hydrogens (tertiary/aromatic N) is 2. The third kappa shape index (κ3) is 12.5. The number of aryl methyl sites for hydroxylation is 1. The third-order valence-electron chi connectivity index (χ3n) is 11.2. The standard InChI is InChI=1S/C40H64FN5O7S2Si/c1-27-33(54-26-44-27)28-16-17-29(32(22-28)52-20-14-12-10-11-13-15-21-55(42,50)51)24-43-35(47)31-23-30(53-56(8,9)39(5,6)7)25-46(31)36(48)34(38(2,3)4)45-37(49)40(41)18-19-40/h16-17,22,26,30-31,34H,10-15,18-21,23-25H2,1-9H3,(H,43,47)(H,45,49)(H2,42,50,51)/t30-,31+,34-/m1/s1. The van der Waals surface area contributed by atoms with Crippen LogP contribution in [0.3, 0.4) is 0 Å². The molecular formula is C40H64FN5O7S2Si. The third-order valence-corrected chi connectivity index (χ3v) is 17.6. The number of nitrogens with two attached hydrogens (primary N) is 1. The summed E-state index contributed by atoms with van der Waals surface area (Å²) in [5, 5.41) is 10.8. The maximum atomic E-state index is 14.8. The molecule has 2 aliphatic rings. The number of halogens is 1. The quantitative estimate of drug-likeness (QED) is 0.103. The van der Waals surface area contributed by atoms with E-state index in [1.54, 1.807) is 16.8 Å². The molecule has 2 fully saturated rings. The average Bonchev–Trinajstić information content (AvgIpc) is 3.48. The Morgan fingerprint density at radius 2 is 1.71 bits per heavy atom. The molecule has 1 aromatic carbocycles. The Kier molecular flexibility index (Phi) is 15.0. The number of sulfonamides is 1. The largest absolute Gasteiger partial charge is 0.493 e. The summed E-state index contributed by atoms with van der Waals surface area (Å²) in [6, 6.07) is 3.98. The average molecular weight is 838 g/mol. The number of alkyl halides is 1. The first-order valence-corrected chi connectivity index (χ1v) is 25.3. The van der Waals surface area contributed by atoms with Gasteiger partial charge in [0.05, 0.1) is 34.5 Å². The number of rotatable bonds is 19. The van der Waals surface area contributed by atoms with Gasteiger partial charge in [0.2, 0.25) is 21.8 Å². The van der Waals surface area contributed by atoms with Crippen LogP contribution in [0, 0.1) is 12.3 Å². The van der Waals surface area contributed by atoms with Crippen LogP contribution in [0.4, 0.5) is 4.39 Å². The molecule has 1 aliphatic heterocycles. The number of thiazole rings is 1. The van der Waals surface area contributed by atoms with Gasteiger partial charge in [0.25, 0.3) is 5.91 Å². The van der Waals surface area contributed by atoms with Gasteiger partial charge >= 0.3 is 0 Å². The molecule has 3 atom stereocenters. The van der Waals surface area contributed by atoms with E-state index in [0.717, 1.165) is 53.8 Å². The van der Waals surface area contributed by atoms with E-state index in [-0.39, 0.29) is 49.1 Å². The van der Waals surface area contributed by atoms with Gasteiger partial charge in [-0.2, -0.15) is 0 Å². The number of benzene rings is 1. The van der Waals surface area contributed by atoms with E-state index >= 15 is 0 Å². The Morgan fingerprint density at radius 3 is 2.29 bits per heavy atom. The second-order valence-electron chi connectivity index (χ2n) is 18.1. The lowest BCUT2D eigenvalue weighted by atomic mass is 9.85. The summed E-state index contributed by atoms with van der Waals surface area (Å²) in [6.45, 7) is 18.9. The second kappa shape index (κ2) is 18.3. The zero-order chi connectivity index (χ0) is 41.7. The SMILES string of the molecule is Cc1ncsc1-c1ccc(CNC(=O)[C@@H]2C[C@@H](O[Si](C)(C)C(C)(C)C)CN2C(=O)[C@@H](NC(=O)C2(F)CC2)C(C)(C)C)c(OCCCCCCCCS(N)(=O)=O)c1. The Morgan fingerprint density at radius 1 is 1.07 bits per heavy atom. The Balaban J connectivity index is 1.50. The van der Waals surface area contributed by atoms with E-state index in [2.05, 4.69) is 49.5 Å². The smallest absolute Gasteiger partial charge is 0.258 e. The Hall–Kier alpha value is -2.92. The molecule has 4 N–H and O–H groups in total. The van der Waals surface area contributed by atoms with Crippen molar-refractivity contribution >= 4 is 47.4 Å². The summed E-state index contributed by atoms with van der Waals surface area (Å²) in [5.41, 5.74) is 1.74. The molecule has 2 aromatic rings. The van der Waals surface area contributed by atoms with E-state index < -0.39 is 59.4 Å². The molecule has 56 heavy (non-hydrogen) atoms. The van der Waals surface area contributed by atoms with E-state index in [4.69, 9.17) is 14.3 Å². The monoisotopic (exact) mass is 837 g/mol. The number of amides is 3. The van der Waals surface area contributed by atoms with Gasteiger partial charge in [0, 0.05) is 25.1 Å². The number of hydrogen-bond donors (Lipinski definition) is 3. The first kappa shape index (κ1) is 45.8. The summed E-state index contributed by atoms with van der Waals surface area (Å²) in [4.78, 5) is 48.4. The van der Waals surface area contributed by atoms with Gasteiger partial charge in [-0.15, -0.1) is 11.3 Å². The zero-order valence-electron chi connectivity index (χ0n) is 34.8. The lowest BCUT2D eigenvalue weighted by molar-refractivity contribution is -0.145. The summed E-state index contributed by atoms with van der Waals surface area (Å²) in [6.07, 6.45) is 5.08. The van der Waals surface area contributed by atoms with Crippen molar-refractivity contribution in [2.24, 2.45) is 10.6 Å². The van der Waals surface area contributed by atoms with Crippen molar-refractivity contribution in [2.45, 2.75) is 155 Å². The summed E-state index contributed by atoms with van der Waals surface area (Å²) in [7, 11) is -5.72. The number of unbranched alkanes of at least 4 members (excludes halogenated alkanes) is 5. The molecule has 314 valence electrons. The van der Waals surface area contributed by atoms with Crippen molar-refractivity contribution in [1.82, 2.24) is 20.5 Å². The molecule has 16 heteroatoms. The van der Waals surface area contributed by atoms with Crippen LogP contribution < -0.4 is 20.5 Å². The minimum Gasteiger partial charge on any atom is -0.493 e. The van der Waals surface area contributed by atoms with Crippen LogP contribution in [-0.2, 0) is 35.4 Å². The molecule has 2 heterocycles. The van der Waals surface area contributed by atoms with Crippen molar-refractivity contribution < 1.29 is 36.4 Å². The molecule has 12 nitrogen and oxygen atoms in total. The van der Waals surface area contributed by atoms with E-state index in [1.807, 2.05) is 45.9 Å². The molecule has 0 spiro atoms. The molecule has 0 bridgehead atoms. The number of carbonyl (C=O) groups excluding carboxylic acids is 3. The van der Waals surface area contributed by atoms with Gasteiger partial charge in [0.1, 0.15) is 17.8 Å². The molecule has 0 unspecified atom stereocenters. The van der Waals surface area contributed by atoms with Gasteiger partial charge in [-0.25, -0.2) is 22.9 Å². The number of primary sulfonamides is 1. The van der Waals surface area contributed by atoms with Crippen LogP contribution >= 0.6 is 11.3 Å². The normalized spacial score (nSPS) is 19.1. The number of carbonyl (C=O) groups is 3. The fraction of sp³-hybridized carbons (Fsp3) is 0.700. The summed E-state index contributed by atoms with van der Waals surface area (Å²) < 4.78 is 50.3. The van der Waals surface area contributed by atoms with E-state index in [1.165, 1.54) is 4.90 Å². The number of nitrogens with one attached hydrogen (secondary N) is 2. The summed E-state index contributed by atoms with van der Waals surface area (Å²) in [5.74, 6) is -0.933. The van der Waals surface area contributed by atoms with Crippen molar-refractivity contribution in [2.75, 3.05) is 18.9 Å². The first-order chi connectivity index (χ1) is 25.9. The molecule has 3 amide bonds. The fourth-order valence-electron chi connectivity index (χ4n) is 6.53. The van der Waals surface area contributed by atoms with Gasteiger partial charge < -0.3 is 24.7 Å². The molecule has 0 radical (unpaired) electrons. The van der Waals surface area contributed by atoms with Crippen LogP contribution in [0.2, 0.25) is 18.1 Å². The van der Waals surface area contributed by atoms with Crippen LogP contribution in [-0.4, -0.2) is 87.1 Å². The minimum atomic E-state index is -3.43. The Bertz CT molecular complexity index is 1800. The van der Waals surface area contributed by atoms with Crippen LogP contribution in [0.1, 0.15) is 111 Å². The number of ether oxygens (including phenoxy) is 1. The maximum Gasteiger partial charge on any atom is 0.258 e. The second-order valence-corrected chi connectivity index (χ2v) is 25.5. The van der Waals surface area contributed by atoms with E-state index in [9.17, 15) is 27.2 Å². The number of likely N-dealkylation sites (tertiary alicyclic amines) is 1. The van der Waals surface area contributed by atoms with Gasteiger partial charge in [-0.3, -0.25) is 14.4 Å². The number of aromatic nitrogens is 1. The van der Waals surface area contributed by atoms with Gasteiger partial charge in [-0.05, 0) is 67.8 Å². The van der Waals surface area contributed by atoms with Crippen molar-refractivity contribution in [3.63, 3.8) is 0 Å². The minimum absolute atomic E-state index is 0.00205. The highest BCUT2D eigenvalue weighted by atomic mass is 32.2. The van der Waals surface area contributed by atoms with E-state index in [0.29, 0.717) is 18.8 Å². The van der Waals surface area contributed by atoms with Gasteiger partial charge in [0.15, 0.2) is 14.0 Å². The van der Waals surface area contributed by atoms with Gasteiger partial charge in [-0.1, -0.05) is 79.4 Å². The predicted molar refractivity (Wildman–Crippen MR) is 222 cm³/mol. The highest BCUT2D eigenvalue weighted by molar-refractivity contribution is 7.89. The molecule has 1 aromatic heterocycles. The number of hydrogen-bond acceptors (Lipinski definition) is 9. The van der Waals surface area contributed by atoms with Crippen LogP contribution in [0.15, 0.2) is 23.7 Å². The van der Waals surface area contributed by atoms with Crippen LogP contribution in [0.5, 0.6) is 5.75 Å². The highest BCUT2D eigenvalue weighted by Gasteiger charge is 2.54. The fourth-order valence-corrected chi connectivity index (χ4v) is 9.30. The maximum absolute atomic E-state index is 14.8. The molecule has 4 rings (SSSR count).